The van der Waals surface area contributed by atoms with Gasteiger partial charge in [-0.15, -0.1) is 0 Å². The number of aromatic nitrogens is 2. The Morgan fingerprint density at radius 3 is 2.80 bits per heavy atom. The minimum absolute atomic E-state index is 0.0633. The maximum absolute atomic E-state index is 12.0. The summed E-state index contributed by atoms with van der Waals surface area (Å²) in [4.78, 5) is 19.2. The van der Waals surface area contributed by atoms with Crippen molar-refractivity contribution in [2.75, 3.05) is 6.61 Å². The summed E-state index contributed by atoms with van der Waals surface area (Å²) in [6.07, 6.45) is 0. The number of benzene rings is 2. The molecule has 2 aromatic carbocycles. The molecule has 0 radical (unpaired) electrons. The zero-order chi connectivity index (χ0) is 17.8. The van der Waals surface area contributed by atoms with Crippen molar-refractivity contribution in [2.45, 2.75) is 0 Å². The molecule has 0 unspecified atom stereocenters. The number of nitriles is 1. The molecule has 0 saturated carbocycles. The second-order valence-electron chi connectivity index (χ2n) is 5.12. The molecular weight excluding hydrogens is 433 g/mol. The van der Waals surface area contributed by atoms with Crippen molar-refractivity contribution >= 4 is 45.2 Å². The van der Waals surface area contributed by atoms with Crippen LogP contribution in [-0.4, -0.2) is 27.7 Å². The lowest BCUT2D eigenvalue weighted by molar-refractivity contribution is 0.0502. The fourth-order valence-corrected chi connectivity index (χ4v) is 2.77. The summed E-state index contributed by atoms with van der Waals surface area (Å²) in [7, 11) is 0. The van der Waals surface area contributed by atoms with Crippen LogP contribution >= 0.6 is 22.6 Å². The number of rotatable bonds is 4. The number of carbonyl (C=O) groups is 1. The van der Waals surface area contributed by atoms with E-state index in [1.165, 1.54) is 0 Å². The number of esters is 1. The number of fused-ring (bicyclic) bond motifs is 1. The van der Waals surface area contributed by atoms with Crippen LogP contribution in [0.1, 0.15) is 16.2 Å². The number of hydrogen-bond donors (Lipinski definition) is 2. The van der Waals surface area contributed by atoms with Gasteiger partial charge in [0.25, 0.3) is 0 Å². The molecular formula is C18H12IN3O3. The van der Waals surface area contributed by atoms with Crippen LogP contribution in [0, 0.1) is 14.9 Å². The van der Waals surface area contributed by atoms with Crippen molar-refractivity contribution in [3.63, 3.8) is 0 Å². The van der Waals surface area contributed by atoms with Gasteiger partial charge < -0.3 is 14.8 Å². The van der Waals surface area contributed by atoms with E-state index in [9.17, 15) is 15.2 Å². The minimum Gasteiger partial charge on any atom is -0.507 e. The van der Waals surface area contributed by atoms with Gasteiger partial charge in [0, 0.05) is 3.57 Å². The fourth-order valence-electron chi connectivity index (χ4n) is 2.23. The first kappa shape index (κ1) is 17.0. The molecule has 0 spiro atoms. The quantitative estimate of drug-likeness (QED) is 0.275. The Morgan fingerprint density at radius 2 is 2.08 bits per heavy atom. The Bertz CT molecular complexity index is 985. The van der Waals surface area contributed by atoms with Crippen LogP contribution in [-0.2, 0) is 4.74 Å². The van der Waals surface area contributed by atoms with Crippen LogP contribution in [0.15, 0.2) is 54.3 Å². The van der Waals surface area contributed by atoms with E-state index in [2.05, 4.69) is 32.6 Å². The van der Waals surface area contributed by atoms with Crippen molar-refractivity contribution in [1.29, 1.82) is 5.26 Å². The highest BCUT2D eigenvalue weighted by Gasteiger charge is 2.15. The number of para-hydroxylation sites is 2. The Hall–Kier alpha value is -2.86. The Balaban J connectivity index is 1.80. The second-order valence-corrected chi connectivity index (χ2v) is 6.37. The number of halogens is 1. The van der Waals surface area contributed by atoms with Crippen LogP contribution in [0.4, 0.5) is 0 Å². The molecule has 0 saturated heterocycles. The zero-order valence-electron chi connectivity index (χ0n) is 12.9. The maximum atomic E-state index is 12.0. The SMILES string of the molecule is N#CC(=C(O)COC(=O)c1cccc(I)c1)c1nc2ccccc2[nH]1. The lowest BCUT2D eigenvalue weighted by Crippen LogP contribution is -2.09. The summed E-state index contributed by atoms with van der Waals surface area (Å²) in [5.41, 5.74) is 1.73. The number of H-pyrrole nitrogens is 1. The molecule has 1 aromatic heterocycles. The number of nitrogens with zero attached hydrogens (tertiary/aromatic N) is 2. The molecule has 0 fully saturated rings. The molecule has 25 heavy (non-hydrogen) atoms. The van der Waals surface area contributed by atoms with Crippen molar-refractivity contribution < 1.29 is 14.6 Å². The normalized spacial score (nSPS) is 11.7. The predicted octanol–water partition coefficient (Wildman–Crippen LogP) is 3.82. The van der Waals surface area contributed by atoms with E-state index in [0.29, 0.717) is 11.1 Å². The highest BCUT2D eigenvalue weighted by molar-refractivity contribution is 14.1. The number of carbonyl (C=O) groups excluding carboxylic acids is 1. The van der Waals surface area contributed by atoms with Gasteiger partial charge in [-0.3, -0.25) is 0 Å². The summed E-state index contributed by atoms with van der Waals surface area (Å²) in [5, 5.41) is 19.5. The number of allylic oxidation sites excluding steroid dienone is 1. The smallest absolute Gasteiger partial charge is 0.338 e. The molecule has 0 aliphatic rings. The first-order valence-electron chi connectivity index (χ1n) is 7.28. The number of imidazole rings is 1. The zero-order valence-corrected chi connectivity index (χ0v) is 15.0. The minimum atomic E-state index is -0.577. The number of hydrogen-bond acceptors (Lipinski definition) is 5. The Morgan fingerprint density at radius 1 is 1.28 bits per heavy atom. The molecule has 1 heterocycles. The standard InChI is InChI=1S/C18H12IN3O3/c19-12-5-3-4-11(8-12)18(24)25-10-16(23)13(9-20)17-21-14-6-1-2-7-15(14)22-17/h1-8,23H,10H2,(H,21,22). The van der Waals surface area contributed by atoms with Gasteiger partial charge >= 0.3 is 5.97 Å². The number of aromatic amines is 1. The van der Waals surface area contributed by atoms with Crippen LogP contribution in [0.5, 0.6) is 0 Å². The molecule has 6 nitrogen and oxygen atoms in total. The number of aliphatic hydroxyl groups is 1. The van der Waals surface area contributed by atoms with Gasteiger partial charge in [0.15, 0.2) is 11.6 Å². The summed E-state index contributed by atoms with van der Waals surface area (Å²) in [6.45, 7) is -0.412. The molecule has 0 amide bonds. The summed E-state index contributed by atoms with van der Waals surface area (Å²) in [6, 6.07) is 16.0. The van der Waals surface area contributed by atoms with E-state index in [1.54, 1.807) is 24.3 Å². The molecule has 0 atom stereocenters. The first-order chi connectivity index (χ1) is 12.1. The fraction of sp³-hybridized carbons (Fsp3) is 0.0556. The van der Waals surface area contributed by atoms with Crippen molar-refractivity contribution in [2.24, 2.45) is 0 Å². The van der Waals surface area contributed by atoms with E-state index >= 15 is 0 Å². The average molecular weight is 445 g/mol. The summed E-state index contributed by atoms with van der Waals surface area (Å²) >= 11 is 2.09. The van der Waals surface area contributed by atoms with Crippen LogP contribution in [0.3, 0.4) is 0 Å². The van der Waals surface area contributed by atoms with E-state index in [1.807, 2.05) is 30.3 Å². The number of ether oxygens (including phenoxy) is 1. The van der Waals surface area contributed by atoms with E-state index in [-0.39, 0.29) is 17.2 Å². The van der Waals surface area contributed by atoms with Gasteiger partial charge in [0.2, 0.25) is 0 Å². The molecule has 3 aromatic rings. The molecule has 0 aliphatic heterocycles. The largest absolute Gasteiger partial charge is 0.507 e. The van der Waals surface area contributed by atoms with Crippen molar-refractivity contribution in [3.05, 3.63) is 69.2 Å². The number of nitrogens with one attached hydrogen (secondary N) is 1. The first-order valence-corrected chi connectivity index (χ1v) is 8.36. The third-order valence-corrected chi connectivity index (χ3v) is 4.10. The molecule has 2 N–H and O–H groups in total. The van der Waals surface area contributed by atoms with Gasteiger partial charge in [-0.05, 0) is 52.9 Å². The van der Waals surface area contributed by atoms with E-state index < -0.39 is 12.6 Å². The van der Waals surface area contributed by atoms with Gasteiger partial charge in [-0.25, -0.2) is 9.78 Å². The van der Waals surface area contributed by atoms with Gasteiger partial charge in [0.1, 0.15) is 18.2 Å². The summed E-state index contributed by atoms with van der Waals surface area (Å²) in [5.74, 6) is -0.709. The molecule has 3 rings (SSSR count). The van der Waals surface area contributed by atoms with Crippen LogP contribution in [0.25, 0.3) is 16.6 Å². The third-order valence-electron chi connectivity index (χ3n) is 3.43. The van der Waals surface area contributed by atoms with Gasteiger partial charge in [-0.1, -0.05) is 18.2 Å². The van der Waals surface area contributed by atoms with Crippen molar-refractivity contribution in [1.82, 2.24) is 9.97 Å². The van der Waals surface area contributed by atoms with Crippen LogP contribution < -0.4 is 0 Å². The molecule has 0 aliphatic carbocycles. The molecule has 0 bridgehead atoms. The number of aliphatic hydroxyl groups excluding tert-OH is 1. The molecule has 7 heteroatoms. The third kappa shape index (κ3) is 3.80. The van der Waals surface area contributed by atoms with Crippen molar-refractivity contribution in [3.8, 4) is 6.07 Å². The lowest BCUT2D eigenvalue weighted by Gasteiger charge is -2.06. The lowest BCUT2D eigenvalue weighted by atomic mass is 10.2. The predicted molar refractivity (Wildman–Crippen MR) is 101 cm³/mol. The highest BCUT2D eigenvalue weighted by Crippen LogP contribution is 2.19. The van der Waals surface area contributed by atoms with Gasteiger partial charge in [0.05, 0.1) is 16.6 Å². The van der Waals surface area contributed by atoms with Crippen LogP contribution in [0.2, 0.25) is 0 Å². The van der Waals surface area contributed by atoms with E-state index in [4.69, 9.17) is 4.74 Å². The monoisotopic (exact) mass is 445 g/mol. The molecule has 124 valence electrons. The Labute approximate surface area is 156 Å². The summed E-state index contributed by atoms with van der Waals surface area (Å²) < 4.78 is 5.98. The highest BCUT2D eigenvalue weighted by atomic mass is 127. The topological polar surface area (TPSA) is 99.0 Å². The van der Waals surface area contributed by atoms with Gasteiger partial charge in [-0.2, -0.15) is 5.26 Å². The second kappa shape index (κ2) is 7.36. The average Bonchev–Trinajstić information content (AvgIpc) is 3.03. The Kier molecular flexibility index (Phi) is 5.00. The van der Waals surface area contributed by atoms with E-state index in [0.717, 1.165) is 9.09 Å². The maximum Gasteiger partial charge on any atom is 0.338 e.